The van der Waals surface area contributed by atoms with Crippen molar-refractivity contribution in [3.05, 3.63) is 54.5 Å². The molecule has 1 amide bonds. The van der Waals surface area contributed by atoms with Crippen molar-refractivity contribution in [2.45, 2.75) is 44.1 Å². The first-order valence-electron chi connectivity index (χ1n) is 10.7. The van der Waals surface area contributed by atoms with Gasteiger partial charge in [0.25, 0.3) is 0 Å². The van der Waals surface area contributed by atoms with Gasteiger partial charge in [0.15, 0.2) is 5.16 Å². The highest BCUT2D eigenvalue weighted by molar-refractivity contribution is 8.00. The third kappa shape index (κ3) is 5.31. The minimum atomic E-state index is -0.327. The van der Waals surface area contributed by atoms with Crippen molar-refractivity contribution in [1.29, 1.82) is 0 Å². The minimum absolute atomic E-state index is 0.0643. The van der Waals surface area contributed by atoms with E-state index in [1.807, 2.05) is 49.4 Å². The predicted molar refractivity (Wildman–Crippen MR) is 123 cm³/mol. The van der Waals surface area contributed by atoms with Crippen LogP contribution in [0.25, 0.3) is 0 Å². The summed E-state index contributed by atoms with van der Waals surface area (Å²) in [6.07, 6.45) is 2.90. The molecule has 0 bridgehead atoms. The molecule has 3 unspecified atom stereocenters. The van der Waals surface area contributed by atoms with Crippen LogP contribution >= 0.6 is 11.8 Å². The molecule has 8 heteroatoms. The maximum absolute atomic E-state index is 12.7. The molecule has 1 saturated heterocycles. The average molecular weight is 440 g/mol. The van der Waals surface area contributed by atoms with Gasteiger partial charge in [-0.25, -0.2) is 0 Å². The number of anilines is 2. The molecule has 3 aromatic rings. The molecule has 0 spiro atoms. The molecule has 31 heavy (non-hydrogen) atoms. The Morgan fingerprint density at radius 2 is 1.90 bits per heavy atom. The van der Waals surface area contributed by atoms with Crippen molar-refractivity contribution in [2.75, 3.05) is 23.3 Å². The van der Waals surface area contributed by atoms with Crippen LogP contribution in [0.15, 0.2) is 58.3 Å². The first-order chi connectivity index (χ1) is 15.0. The number of aromatic nitrogens is 3. The summed E-state index contributed by atoms with van der Waals surface area (Å²) in [5, 5.41) is 12.3. The van der Waals surface area contributed by atoms with Gasteiger partial charge >= 0.3 is 0 Å². The Labute approximate surface area is 187 Å². The molecule has 164 valence electrons. The zero-order valence-electron chi connectivity index (χ0n) is 18.2. The molecule has 2 aromatic heterocycles. The monoisotopic (exact) mass is 439 g/mol. The second-order valence-electron chi connectivity index (χ2n) is 8.41. The average Bonchev–Trinajstić information content (AvgIpc) is 3.39. The number of nitrogens with zero attached hydrogens (tertiary/aromatic N) is 4. The minimum Gasteiger partial charge on any atom is -0.467 e. The molecule has 1 aromatic carbocycles. The second-order valence-corrected chi connectivity index (χ2v) is 9.72. The first kappa shape index (κ1) is 21.5. The Kier molecular flexibility index (Phi) is 6.65. The fourth-order valence-electron chi connectivity index (χ4n) is 4.10. The van der Waals surface area contributed by atoms with Crippen molar-refractivity contribution in [3.63, 3.8) is 0 Å². The predicted octanol–water partition coefficient (Wildman–Crippen LogP) is 4.52. The number of carbonyl (C=O) groups is 1. The third-order valence-corrected chi connectivity index (χ3v) is 6.52. The lowest BCUT2D eigenvalue weighted by molar-refractivity contribution is -0.115. The van der Waals surface area contributed by atoms with Crippen LogP contribution in [0.3, 0.4) is 0 Å². The molecule has 7 nitrogen and oxygen atoms in total. The number of thioether (sulfide) groups is 1. The normalized spacial score (nSPS) is 19.9. The van der Waals surface area contributed by atoms with Gasteiger partial charge in [-0.05, 0) is 49.4 Å². The van der Waals surface area contributed by atoms with Crippen molar-refractivity contribution in [2.24, 2.45) is 11.8 Å². The Hall–Kier alpha value is -2.74. The number of carbonyl (C=O) groups excluding carboxylic acids is 1. The fraction of sp³-hybridized carbons (Fsp3) is 0.435. The van der Waals surface area contributed by atoms with Crippen LogP contribution in [0.2, 0.25) is 0 Å². The summed E-state index contributed by atoms with van der Waals surface area (Å²) in [5.41, 5.74) is 0.786. The van der Waals surface area contributed by atoms with Gasteiger partial charge in [-0.1, -0.05) is 43.8 Å². The van der Waals surface area contributed by atoms with Crippen molar-refractivity contribution in [3.8, 4) is 0 Å². The van der Waals surface area contributed by atoms with Gasteiger partial charge in [0.1, 0.15) is 5.76 Å². The number of amides is 1. The highest BCUT2D eigenvalue weighted by Crippen LogP contribution is 2.30. The van der Waals surface area contributed by atoms with E-state index in [0.29, 0.717) is 23.5 Å². The van der Waals surface area contributed by atoms with Crippen LogP contribution in [0.5, 0.6) is 0 Å². The lowest BCUT2D eigenvalue weighted by atomic mass is 9.92. The summed E-state index contributed by atoms with van der Waals surface area (Å²) in [4.78, 5) is 15.0. The SMILES string of the molecule is CC1CC(C)CN(c2nnc(SC(C)C(=O)Nc3ccccc3)n2Cc2ccco2)C1. The number of benzene rings is 1. The molecular weight excluding hydrogens is 410 g/mol. The van der Waals surface area contributed by atoms with Crippen LogP contribution in [0.1, 0.15) is 33.0 Å². The maximum atomic E-state index is 12.7. The van der Waals surface area contributed by atoms with Crippen LogP contribution < -0.4 is 10.2 Å². The Morgan fingerprint density at radius 1 is 1.16 bits per heavy atom. The highest BCUT2D eigenvalue weighted by atomic mass is 32.2. The molecule has 0 radical (unpaired) electrons. The van der Waals surface area contributed by atoms with Gasteiger partial charge in [-0.15, -0.1) is 10.2 Å². The van der Waals surface area contributed by atoms with E-state index in [2.05, 4.69) is 38.8 Å². The van der Waals surface area contributed by atoms with Gasteiger partial charge < -0.3 is 14.6 Å². The van der Waals surface area contributed by atoms with Gasteiger partial charge in [0.2, 0.25) is 11.9 Å². The molecule has 1 aliphatic heterocycles. The summed E-state index contributed by atoms with van der Waals surface area (Å²) >= 11 is 1.41. The topological polar surface area (TPSA) is 76.2 Å². The van der Waals surface area contributed by atoms with E-state index in [-0.39, 0.29) is 11.2 Å². The van der Waals surface area contributed by atoms with Gasteiger partial charge in [-0.3, -0.25) is 9.36 Å². The van der Waals surface area contributed by atoms with Crippen LogP contribution in [0, 0.1) is 11.8 Å². The number of hydrogen-bond donors (Lipinski definition) is 1. The molecule has 1 fully saturated rings. The van der Waals surface area contributed by atoms with Crippen molar-refractivity contribution < 1.29 is 9.21 Å². The maximum Gasteiger partial charge on any atom is 0.237 e. The summed E-state index contributed by atoms with van der Waals surface area (Å²) < 4.78 is 7.66. The number of hydrogen-bond acceptors (Lipinski definition) is 6. The van der Waals surface area contributed by atoms with Crippen LogP contribution in [0.4, 0.5) is 11.6 Å². The highest BCUT2D eigenvalue weighted by Gasteiger charge is 2.28. The Bertz CT molecular complexity index is 979. The van der Waals surface area contributed by atoms with Crippen LogP contribution in [-0.2, 0) is 11.3 Å². The van der Waals surface area contributed by atoms with E-state index in [1.54, 1.807) is 6.26 Å². The first-order valence-corrected chi connectivity index (χ1v) is 11.6. The van der Waals surface area contributed by atoms with E-state index >= 15 is 0 Å². The summed E-state index contributed by atoms with van der Waals surface area (Å²) in [6, 6.07) is 13.3. The van der Waals surface area contributed by atoms with E-state index in [1.165, 1.54) is 18.2 Å². The molecule has 1 N–H and O–H groups in total. The number of furan rings is 1. The quantitative estimate of drug-likeness (QED) is 0.546. The third-order valence-electron chi connectivity index (χ3n) is 5.44. The van der Waals surface area contributed by atoms with Gasteiger partial charge in [0.05, 0.1) is 18.1 Å². The van der Waals surface area contributed by atoms with E-state index < -0.39 is 0 Å². The number of rotatable bonds is 7. The zero-order chi connectivity index (χ0) is 21.8. The molecule has 3 heterocycles. The molecule has 0 saturated carbocycles. The van der Waals surface area contributed by atoms with Gasteiger partial charge in [0, 0.05) is 18.8 Å². The van der Waals surface area contributed by atoms with E-state index in [4.69, 9.17) is 4.42 Å². The summed E-state index contributed by atoms with van der Waals surface area (Å²) in [7, 11) is 0. The number of nitrogens with one attached hydrogen (secondary N) is 1. The van der Waals surface area contributed by atoms with E-state index in [0.717, 1.165) is 30.5 Å². The lowest BCUT2D eigenvalue weighted by Crippen LogP contribution is -2.40. The smallest absolute Gasteiger partial charge is 0.237 e. The van der Waals surface area contributed by atoms with Crippen LogP contribution in [-0.4, -0.2) is 39.0 Å². The molecule has 0 aliphatic carbocycles. The molecular formula is C23H29N5O2S. The van der Waals surface area contributed by atoms with Crippen molar-refractivity contribution >= 4 is 29.3 Å². The summed E-state index contributed by atoms with van der Waals surface area (Å²) in [6.45, 7) is 8.89. The second kappa shape index (κ2) is 9.60. The van der Waals surface area contributed by atoms with E-state index in [9.17, 15) is 4.79 Å². The fourth-order valence-corrected chi connectivity index (χ4v) is 4.95. The Balaban J connectivity index is 1.55. The van der Waals surface area contributed by atoms with Gasteiger partial charge in [-0.2, -0.15) is 0 Å². The number of para-hydroxylation sites is 1. The zero-order valence-corrected chi connectivity index (χ0v) is 19.0. The molecule has 3 atom stereocenters. The largest absolute Gasteiger partial charge is 0.467 e. The molecule has 1 aliphatic rings. The number of piperidine rings is 1. The van der Waals surface area contributed by atoms with Crippen molar-refractivity contribution in [1.82, 2.24) is 14.8 Å². The summed E-state index contributed by atoms with van der Waals surface area (Å²) in [5.74, 6) is 2.81. The standard InChI is InChI=1S/C23H29N5O2S/c1-16-12-17(2)14-27(13-16)22-25-26-23(28(22)15-20-10-7-11-30-20)31-18(3)21(29)24-19-8-5-4-6-9-19/h4-11,16-18H,12-15H2,1-3H3,(H,24,29). The Morgan fingerprint density at radius 3 is 2.58 bits per heavy atom. The molecule has 4 rings (SSSR count). The lowest BCUT2D eigenvalue weighted by Gasteiger charge is -2.35.